The molecule has 0 aliphatic rings. The highest BCUT2D eigenvalue weighted by Gasteiger charge is 2.06. The van der Waals surface area contributed by atoms with Crippen LogP contribution < -0.4 is 4.74 Å². The molecule has 0 aliphatic heterocycles. The molecule has 18 heavy (non-hydrogen) atoms. The van der Waals surface area contributed by atoms with Crippen LogP contribution in [0.3, 0.4) is 0 Å². The zero-order valence-electron chi connectivity index (χ0n) is 10.1. The first-order valence-corrected chi connectivity index (χ1v) is 5.40. The Kier molecular flexibility index (Phi) is 3.28. The average molecular weight is 244 g/mol. The van der Waals surface area contributed by atoms with Crippen LogP contribution in [0.1, 0.15) is 17.3 Å². The average Bonchev–Trinajstić information content (AvgIpc) is 2.36. The number of carbonyl (C=O) groups is 2. The molecule has 0 aromatic heterocycles. The second kappa shape index (κ2) is 4.87. The minimum Gasteiger partial charge on any atom is -0.465 e. The molecule has 0 fully saturated rings. The summed E-state index contributed by atoms with van der Waals surface area (Å²) in [4.78, 5) is 22.2. The molecule has 0 amide bonds. The largest absolute Gasteiger partial charge is 0.465 e. The van der Waals surface area contributed by atoms with Crippen LogP contribution in [-0.2, 0) is 9.53 Å². The summed E-state index contributed by atoms with van der Waals surface area (Å²) < 4.78 is 9.64. The molecule has 0 aliphatic carbocycles. The third-order valence-corrected chi connectivity index (χ3v) is 2.49. The topological polar surface area (TPSA) is 52.6 Å². The number of fused-ring (bicyclic) bond motifs is 1. The molecule has 4 heteroatoms. The maximum Gasteiger partial charge on any atom is 0.337 e. The predicted octanol–water partition coefficient (Wildman–Crippen LogP) is 2.55. The maximum atomic E-state index is 11.4. The first kappa shape index (κ1) is 12.1. The number of benzene rings is 2. The van der Waals surface area contributed by atoms with E-state index in [-0.39, 0.29) is 11.9 Å². The highest BCUT2D eigenvalue weighted by molar-refractivity contribution is 5.95. The fourth-order valence-corrected chi connectivity index (χ4v) is 1.70. The molecule has 0 N–H and O–H groups in total. The van der Waals surface area contributed by atoms with Gasteiger partial charge in [-0.25, -0.2) is 4.79 Å². The maximum absolute atomic E-state index is 11.4. The van der Waals surface area contributed by atoms with Crippen LogP contribution in [0.5, 0.6) is 5.75 Å². The summed E-state index contributed by atoms with van der Waals surface area (Å²) in [6, 6.07) is 10.4. The molecule has 2 aromatic carbocycles. The predicted molar refractivity (Wildman–Crippen MR) is 66.6 cm³/mol. The van der Waals surface area contributed by atoms with Crippen LogP contribution in [0.2, 0.25) is 0 Å². The van der Waals surface area contributed by atoms with E-state index in [1.54, 1.807) is 36.4 Å². The third kappa shape index (κ3) is 2.48. The summed E-state index contributed by atoms with van der Waals surface area (Å²) in [5.41, 5.74) is 0.491. The Labute approximate surface area is 104 Å². The van der Waals surface area contributed by atoms with Crippen molar-refractivity contribution < 1.29 is 19.1 Å². The van der Waals surface area contributed by atoms with Gasteiger partial charge in [0, 0.05) is 6.92 Å². The van der Waals surface area contributed by atoms with Crippen molar-refractivity contribution in [2.75, 3.05) is 7.11 Å². The van der Waals surface area contributed by atoms with Crippen molar-refractivity contribution in [1.82, 2.24) is 0 Å². The van der Waals surface area contributed by atoms with Crippen molar-refractivity contribution in [2.24, 2.45) is 0 Å². The standard InChI is InChI=1S/C14H12O4/c1-9(15)18-13-6-5-10-7-12(14(16)17-2)4-3-11(10)8-13/h3-8H,1-2H3. The van der Waals surface area contributed by atoms with Crippen molar-refractivity contribution in [3.05, 3.63) is 42.0 Å². The van der Waals surface area contributed by atoms with E-state index in [4.69, 9.17) is 4.74 Å². The molecule has 0 unspecified atom stereocenters. The van der Waals surface area contributed by atoms with Gasteiger partial charge in [-0.05, 0) is 35.0 Å². The number of esters is 2. The highest BCUT2D eigenvalue weighted by Crippen LogP contribution is 2.22. The van der Waals surface area contributed by atoms with Crippen LogP contribution in [0.4, 0.5) is 0 Å². The molecule has 92 valence electrons. The van der Waals surface area contributed by atoms with Gasteiger partial charge >= 0.3 is 11.9 Å². The molecule has 0 spiro atoms. The quantitative estimate of drug-likeness (QED) is 0.601. The van der Waals surface area contributed by atoms with Crippen LogP contribution >= 0.6 is 0 Å². The van der Waals surface area contributed by atoms with E-state index < -0.39 is 0 Å². The molecule has 0 saturated heterocycles. The molecular formula is C14H12O4. The monoisotopic (exact) mass is 244 g/mol. The number of ether oxygens (including phenoxy) is 2. The molecule has 2 aromatic rings. The summed E-state index contributed by atoms with van der Waals surface area (Å²) in [6.07, 6.45) is 0. The molecule has 2 rings (SSSR count). The number of methoxy groups -OCH3 is 1. The normalized spacial score (nSPS) is 10.1. The Morgan fingerprint density at radius 3 is 2.33 bits per heavy atom. The molecule has 0 saturated carbocycles. The lowest BCUT2D eigenvalue weighted by Gasteiger charge is -2.05. The summed E-state index contributed by atoms with van der Waals surface area (Å²) in [6.45, 7) is 1.35. The molecule has 0 atom stereocenters. The molecule has 0 heterocycles. The first-order valence-electron chi connectivity index (χ1n) is 5.40. The molecule has 0 radical (unpaired) electrons. The zero-order valence-corrected chi connectivity index (χ0v) is 10.1. The van der Waals surface area contributed by atoms with Gasteiger partial charge in [0.2, 0.25) is 0 Å². The number of rotatable bonds is 2. The van der Waals surface area contributed by atoms with Gasteiger partial charge in [-0.15, -0.1) is 0 Å². The summed E-state index contributed by atoms with van der Waals surface area (Å²) in [5, 5.41) is 1.77. The van der Waals surface area contributed by atoms with E-state index in [1.807, 2.05) is 0 Å². The summed E-state index contributed by atoms with van der Waals surface area (Å²) in [5.74, 6) is -0.248. The molecule has 4 nitrogen and oxygen atoms in total. The van der Waals surface area contributed by atoms with Gasteiger partial charge in [-0.2, -0.15) is 0 Å². The van der Waals surface area contributed by atoms with Gasteiger partial charge in [0.25, 0.3) is 0 Å². The number of hydrogen-bond donors (Lipinski definition) is 0. The highest BCUT2D eigenvalue weighted by atomic mass is 16.5. The van der Waals surface area contributed by atoms with Gasteiger partial charge in [0.15, 0.2) is 0 Å². The third-order valence-electron chi connectivity index (χ3n) is 2.49. The van der Waals surface area contributed by atoms with Crippen molar-refractivity contribution in [3.63, 3.8) is 0 Å². The SMILES string of the molecule is COC(=O)c1ccc2cc(OC(C)=O)ccc2c1. The minimum atomic E-state index is -0.374. The Morgan fingerprint density at radius 2 is 1.67 bits per heavy atom. The van der Waals surface area contributed by atoms with Crippen molar-refractivity contribution in [2.45, 2.75) is 6.92 Å². The number of carbonyl (C=O) groups excluding carboxylic acids is 2. The van der Waals surface area contributed by atoms with Gasteiger partial charge in [-0.1, -0.05) is 12.1 Å². The second-order valence-corrected chi connectivity index (χ2v) is 3.81. The van der Waals surface area contributed by atoms with Crippen molar-refractivity contribution in [3.8, 4) is 5.75 Å². The van der Waals surface area contributed by atoms with E-state index in [2.05, 4.69) is 4.74 Å². The lowest BCUT2D eigenvalue weighted by molar-refractivity contribution is -0.131. The van der Waals surface area contributed by atoms with Gasteiger partial charge in [-0.3, -0.25) is 4.79 Å². The lowest BCUT2D eigenvalue weighted by atomic mass is 10.1. The van der Waals surface area contributed by atoms with Crippen LogP contribution in [0, 0.1) is 0 Å². The minimum absolute atomic E-state index is 0.361. The fourth-order valence-electron chi connectivity index (χ4n) is 1.70. The van der Waals surface area contributed by atoms with Crippen LogP contribution in [0.15, 0.2) is 36.4 Å². The zero-order chi connectivity index (χ0) is 13.1. The Bertz CT molecular complexity index is 616. The molecule has 0 bridgehead atoms. The first-order chi connectivity index (χ1) is 8.60. The van der Waals surface area contributed by atoms with Crippen molar-refractivity contribution >= 4 is 22.7 Å². The fraction of sp³-hybridized carbons (Fsp3) is 0.143. The Balaban J connectivity index is 2.41. The Hall–Kier alpha value is -2.36. The second-order valence-electron chi connectivity index (χ2n) is 3.81. The van der Waals surface area contributed by atoms with E-state index in [1.165, 1.54) is 14.0 Å². The van der Waals surface area contributed by atoms with Gasteiger partial charge in [0.05, 0.1) is 12.7 Å². The smallest absolute Gasteiger partial charge is 0.337 e. The molecular weight excluding hydrogens is 232 g/mol. The summed E-state index contributed by atoms with van der Waals surface area (Å²) >= 11 is 0. The van der Waals surface area contributed by atoms with Gasteiger partial charge < -0.3 is 9.47 Å². The number of hydrogen-bond acceptors (Lipinski definition) is 4. The van der Waals surface area contributed by atoms with E-state index in [9.17, 15) is 9.59 Å². The van der Waals surface area contributed by atoms with E-state index in [0.29, 0.717) is 11.3 Å². The van der Waals surface area contributed by atoms with E-state index in [0.717, 1.165) is 10.8 Å². The lowest BCUT2D eigenvalue weighted by Crippen LogP contribution is -2.02. The Morgan fingerprint density at radius 1 is 1.00 bits per heavy atom. The van der Waals surface area contributed by atoms with Crippen LogP contribution in [0.25, 0.3) is 10.8 Å². The summed E-state index contributed by atoms with van der Waals surface area (Å²) in [7, 11) is 1.34. The van der Waals surface area contributed by atoms with Crippen molar-refractivity contribution in [1.29, 1.82) is 0 Å². The van der Waals surface area contributed by atoms with Gasteiger partial charge in [0.1, 0.15) is 5.75 Å². The van der Waals surface area contributed by atoms with E-state index >= 15 is 0 Å². The van der Waals surface area contributed by atoms with Crippen LogP contribution in [-0.4, -0.2) is 19.0 Å².